The van der Waals surface area contributed by atoms with Crippen LogP contribution in [0.25, 0.3) is 44.3 Å². The van der Waals surface area contributed by atoms with E-state index in [4.69, 9.17) is 4.42 Å². The first-order chi connectivity index (χ1) is 18.6. The fraction of sp³-hybridized carbons (Fsp3) is 0.250. The number of carbonyl (C=O) groups excluding carboxylic acids is 2. The molecule has 0 unspecified atom stereocenters. The van der Waals surface area contributed by atoms with Crippen LogP contribution in [0.5, 0.6) is 0 Å². The molecule has 7 heteroatoms. The summed E-state index contributed by atoms with van der Waals surface area (Å²) in [7, 11) is 1.57. The van der Waals surface area contributed by atoms with Gasteiger partial charge in [0.05, 0.1) is 11.1 Å². The molecule has 0 radical (unpaired) electrons. The summed E-state index contributed by atoms with van der Waals surface area (Å²) in [5, 5.41) is 7.24. The highest BCUT2D eigenvalue weighted by Crippen LogP contribution is 2.42. The van der Waals surface area contributed by atoms with E-state index in [0.29, 0.717) is 40.0 Å². The van der Waals surface area contributed by atoms with Crippen LogP contribution < -0.4 is 10.6 Å². The zero-order valence-corrected chi connectivity index (χ0v) is 22.8. The molecule has 0 aliphatic rings. The maximum Gasteiger partial charge on any atom is 0.255 e. The molecule has 3 aromatic carbocycles. The molecule has 0 atom stereocenters. The Morgan fingerprint density at radius 2 is 1.69 bits per heavy atom. The Kier molecular flexibility index (Phi) is 6.76. The quantitative estimate of drug-likeness (QED) is 0.250. The zero-order chi connectivity index (χ0) is 27.9. The van der Waals surface area contributed by atoms with E-state index in [-0.39, 0.29) is 23.0 Å². The highest BCUT2D eigenvalue weighted by Gasteiger charge is 2.26. The summed E-state index contributed by atoms with van der Waals surface area (Å²) < 4.78 is 22.2. The lowest BCUT2D eigenvalue weighted by Crippen LogP contribution is -2.32. The van der Waals surface area contributed by atoms with Crippen LogP contribution in [0.2, 0.25) is 0 Å². The molecule has 5 aromatic rings. The molecule has 5 rings (SSSR count). The van der Waals surface area contributed by atoms with Gasteiger partial charge < -0.3 is 19.6 Å². The van der Waals surface area contributed by atoms with Crippen molar-refractivity contribution in [2.24, 2.45) is 5.41 Å². The van der Waals surface area contributed by atoms with Crippen LogP contribution in [0.15, 0.2) is 71.3 Å². The summed E-state index contributed by atoms with van der Waals surface area (Å²) in [6.07, 6.45) is 1.99. The molecule has 0 bridgehead atoms. The monoisotopic (exact) mass is 525 g/mol. The second-order valence-electron chi connectivity index (χ2n) is 10.9. The van der Waals surface area contributed by atoms with Gasteiger partial charge in [-0.25, -0.2) is 4.39 Å². The van der Waals surface area contributed by atoms with Gasteiger partial charge in [-0.2, -0.15) is 0 Å². The number of furan rings is 1. The molecular weight excluding hydrogens is 493 g/mol. The fourth-order valence-electron chi connectivity index (χ4n) is 4.86. The molecule has 2 N–H and O–H groups in total. The minimum absolute atomic E-state index is 0.0355. The topological polar surface area (TPSA) is 76.3 Å². The van der Waals surface area contributed by atoms with Crippen LogP contribution in [0.3, 0.4) is 0 Å². The van der Waals surface area contributed by atoms with E-state index < -0.39 is 0 Å². The predicted molar refractivity (Wildman–Crippen MR) is 153 cm³/mol. The average Bonchev–Trinajstić information content (AvgIpc) is 3.52. The number of nitrogens with one attached hydrogen (secondary N) is 2. The molecule has 6 nitrogen and oxygen atoms in total. The Labute approximate surface area is 226 Å². The summed E-state index contributed by atoms with van der Waals surface area (Å²) >= 11 is 0. The zero-order valence-electron chi connectivity index (χ0n) is 22.8. The number of aromatic nitrogens is 1. The number of halogens is 1. The van der Waals surface area contributed by atoms with Crippen LogP contribution in [0.1, 0.15) is 48.4 Å². The number of rotatable bonds is 6. The van der Waals surface area contributed by atoms with Gasteiger partial charge in [0.15, 0.2) is 0 Å². The van der Waals surface area contributed by atoms with E-state index >= 15 is 0 Å². The van der Waals surface area contributed by atoms with Crippen LogP contribution in [0.4, 0.5) is 4.39 Å². The Morgan fingerprint density at radius 1 is 0.949 bits per heavy atom. The molecule has 200 valence electrons. The minimum atomic E-state index is -0.368. The van der Waals surface area contributed by atoms with Crippen molar-refractivity contribution in [2.45, 2.75) is 34.2 Å². The molecule has 2 amide bonds. The second-order valence-corrected chi connectivity index (χ2v) is 10.9. The number of fused-ring (bicyclic) bond motifs is 3. The normalized spacial score (nSPS) is 11.7. The lowest BCUT2D eigenvalue weighted by atomic mass is 9.95. The number of amides is 2. The number of hydrogen-bond donors (Lipinski definition) is 2. The van der Waals surface area contributed by atoms with E-state index in [2.05, 4.69) is 42.9 Å². The third-order valence-electron chi connectivity index (χ3n) is 6.81. The Hall–Kier alpha value is -4.39. The van der Waals surface area contributed by atoms with Crippen LogP contribution in [0, 0.1) is 11.2 Å². The fourth-order valence-corrected chi connectivity index (χ4v) is 4.86. The number of benzene rings is 3. The lowest BCUT2D eigenvalue weighted by molar-refractivity contribution is 0.0937. The molecular formula is C32H32FN3O3. The first-order valence-electron chi connectivity index (χ1n) is 13.1. The lowest BCUT2D eigenvalue weighted by Gasteiger charge is -2.19. The smallest absolute Gasteiger partial charge is 0.255 e. The number of nitrogens with zero attached hydrogens (tertiary/aromatic N) is 1. The highest BCUT2D eigenvalue weighted by atomic mass is 19.1. The maximum absolute atomic E-state index is 13.7. The number of carbonyl (C=O) groups is 2. The van der Waals surface area contributed by atoms with Crippen molar-refractivity contribution in [1.29, 1.82) is 0 Å². The van der Waals surface area contributed by atoms with Gasteiger partial charge in [0.2, 0.25) is 0 Å². The molecule has 0 fully saturated rings. The summed E-state index contributed by atoms with van der Waals surface area (Å²) in [4.78, 5) is 26.2. The summed E-state index contributed by atoms with van der Waals surface area (Å²) in [5.74, 6) is -0.429. The number of aryl methyl sites for hydroxylation is 1. The molecule has 39 heavy (non-hydrogen) atoms. The van der Waals surface area contributed by atoms with E-state index in [1.807, 2.05) is 36.5 Å². The number of hydrogen-bond acceptors (Lipinski definition) is 3. The van der Waals surface area contributed by atoms with Crippen LogP contribution in [-0.4, -0.2) is 30.0 Å². The van der Waals surface area contributed by atoms with Gasteiger partial charge in [-0.1, -0.05) is 32.9 Å². The van der Waals surface area contributed by atoms with Crippen LogP contribution >= 0.6 is 0 Å². The van der Waals surface area contributed by atoms with Gasteiger partial charge in [-0.05, 0) is 66.4 Å². The van der Waals surface area contributed by atoms with Gasteiger partial charge in [0.25, 0.3) is 11.8 Å². The molecule has 0 aliphatic heterocycles. The van der Waals surface area contributed by atoms with Crippen molar-refractivity contribution in [2.75, 3.05) is 13.6 Å². The van der Waals surface area contributed by atoms with Gasteiger partial charge >= 0.3 is 0 Å². The van der Waals surface area contributed by atoms with Crippen molar-refractivity contribution in [3.8, 4) is 22.5 Å². The van der Waals surface area contributed by atoms with Crippen LogP contribution in [-0.2, 0) is 6.54 Å². The molecule has 0 aliphatic carbocycles. The van der Waals surface area contributed by atoms with Crippen molar-refractivity contribution >= 4 is 33.7 Å². The first kappa shape index (κ1) is 26.2. The highest BCUT2D eigenvalue weighted by molar-refractivity contribution is 6.19. The minimum Gasteiger partial charge on any atom is -0.454 e. The predicted octanol–water partition coefficient (Wildman–Crippen LogP) is 7.02. The molecule has 0 saturated carbocycles. The van der Waals surface area contributed by atoms with Crippen molar-refractivity contribution in [1.82, 2.24) is 15.2 Å². The Bertz CT molecular complexity index is 1710. The summed E-state index contributed by atoms with van der Waals surface area (Å²) in [6, 6.07) is 17.4. The van der Waals surface area contributed by atoms with Gasteiger partial charge in [0, 0.05) is 53.8 Å². The van der Waals surface area contributed by atoms with E-state index in [1.54, 1.807) is 25.2 Å². The summed E-state index contributed by atoms with van der Waals surface area (Å²) in [5.41, 5.74) is 4.77. The average molecular weight is 526 g/mol. The van der Waals surface area contributed by atoms with Crippen molar-refractivity contribution in [3.63, 3.8) is 0 Å². The first-order valence-corrected chi connectivity index (χ1v) is 13.1. The second kappa shape index (κ2) is 10.1. The molecule has 0 saturated heterocycles. The summed E-state index contributed by atoms with van der Waals surface area (Å²) in [6.45, 7) is 9.56. The van der Waals surface area contributed by atoms with E-state index in [1.165, 1.54) is 12.1 Å². The largest absolute Gasteiger partial charge is 0.454 e. The standard InChI is InChI=1S/C32H32FN3O3/c1-6-36-15-14-23-27(36)24(20-8-7-9-21(16-20)30(37)35-18-32(2,3)4)17-25-26(31(38)34-5)28(39-29(23)25)19-10-12-22(33)13-11-19/h7-17H,6,18H2,1-5H3,(H,34,38)(H,35,37). The Morgan fingerprint density at radius 3 is 2.36 bits per heavy atom. The molecule has 2 aromatic heterocycles. The Balaban J connectivity index is 1.75. The van der Waals surface area contributed by atoms with Gasteiger partial charge in [-0.15, -0.1) is 0 Å². The third-order valence-corrected chi connectivity index (χ3v) is 6.81. The molecule has 0 spiro atoms. The van der Waals surface area contributed by atoms with Crippen molar-refractivity contribution < 1.29 is 18.4 Å². The van der Waals surface area contributed by atoms with Gasteiger partial charge in [0.1, 0.15) is 17.2 Å². The van der Waals surface area contributed by atoms with Gasteiger partial charge in [-0.3, -0.25) is 9.59 Å². The maximum atomic E-state index is 13.7. The third kappa shape index (κ3) is 4.92. The van der Waals surface area contributed by atoms with E-state index in [9.17, 15) is 14.0 Å². The van der Waals surface area contributed by atoms with Crippen molar-refractivity contribution in [3.05, 3.63) is 83.8 Å². The SMILES string of the molecule is CCn1ccc2c3oc(-c4ccc(F)cc4)c(C(=O)NC)c3cc(-c3cccc(C(=O)NCC(C)(C)C)c3)c21. The molecule has 2 heterocycles. The van der Waals surface area contributed by atoms with E-state index in [0.717, 1.165) is 28.6 Å².